The fraction of sp³-hybridized carbons (Fsp3) is 0.607. The van der Waals surface area contributed by atoms with Gasteiger partial charge < -0.3 is 24.4 Å². The Kier molecular flexibility index (Phi) is 7.30. The minimum absolute atomic E-state index is 0.115. The van der Waals surface area contributed by atoms with Gasteiger partial charge in [-0.1, -0.05) is 38.1 Å². The predicted octanol–water partition coefficient (Wildman–Crippen LogP) is 2.78. The summed E-state index contributed by atoms with van der Waals surface area (Å²) < 4.78 is 11.8. The number of carbonyl (C=O) groups excluding carboxylic acids is 3. The third-order valence-corrected chi connectivity index (χ3v) is 8.13. The molecule has 0 aliphatic carbocycles. The normalized spacial score (nSPS) is 29.4. The second kappa shape index (κ2) is 9.98. The molecule has 0 saturated carbocycles. The van der Waals surface area contributed by atoms with Crippen LogP contribution < -0.4 is 4.90 Å². The summed E-state index contributed by atoms with van der Waals surface area (Å²) in [5.41, 5.74) is 1.49. The summed E-state index contributed by atoms with van der Waals surface area (Å²) in [6.45, 7) is 13.5. The number of hydrogen-bond donors (Lipinski definition) is 1. The largest absolute Gasteiger partial charge is 0.466 e. The standard InChI is InChI=1S/C28H38N2O6/c1-7-14-29(23-17(5)10-9-11-18(23)6)26(33)24-28-13-12-20(36-28)21(27(34)35-8-2)22(28)25(32)30(24)19(15-31)16(3)4/h7,9-11,16,19-22,24,31H,1,8,12-15H2,2-6H3/t19-,20+,21-,22-,24?,28?/m0/s1. The van der Waals surface area contributed by atoms with Crippen molar-refractivity contribution in [1.82, 2.24) is 4.90 Å². The van der Waals surface area contributed by atoms with Gasteiger partial charge in [0.2, 0.25) is 5.91 Å². The number of rotatable bonds is 9. The van der Waals surface area contributed by atoms with Crippen molar-refractivity contribution in [2.45, 2.75) is 71.2 Å². The Labute approximate surface area is 213 Å². The van der Waals surface area contributed by atoms with E-state index in [-0.39, 0.29) is 37.5 Å². The van der Waals surface area contributed by atoms with Crippen molar-refractivity contribution in [1.29, 1.82) is 0 Å². The molecule has 0 aromatic heterocycles. The second-order valence-electron chi connectivity index (χ2n) is 10.5. The van der Waals surface area contributed by atoms with Gasteiger partial charge in [-0.05, 0) is 50.7 Å². The van der Waals surface area contributed by atoms with E-state index in [0.29, 0.717) is 12.8 Å². The van der Waals surface area contributed by atoms with E-state index in [0.717, 1.165) is 16.8 Å². The zero-order valence-corrected chi connectivity index (χ0v) is 21.9. The highest BCUT2D eigenvalue weighted by Crippen LogP contribution is 2.59. The molecule has 2 bridgehead atoms. The molecule has 3 saturated heterocycles. The third kappa shape index (κ3) is 3.86. The van der Waals surface area contributed by atoms with E-state index < -0.39 is 41.6 Å². The number of amides is 2. The first kappa shape index (κ1) is 26.4. The summed E-state index contributed by atoms with van der Waals surface area (Å²) >= 11 is 0. The Morgan fingerprint density at radius 1 is 1.33 bits per heavy atom. The summed E-state index contributed by atoms with van der Waals surface area (Å²) in [5, 5.41) is 10.3. The molecule has 36 heavy (non-hydrogen) atoms. The van der Waals surface area contributed by atoms with E-state index in [9.17, 15) is 19.5 Å². The van der Waals surface area contributed by atoms with Crippen molar-refractivity contribution < 1.29 is 29.0 Å². The number of para-hydroxylation sites is 1. The van der Waals surface area contributed by atoms with Gasteiger partial charge in [-0.3, -0.25) is 14.4 Å². The maximum atomic E-state index is 14.6. The van der Waals surface area contributed by atoms with Crippen molar-refractivity contribution in [3.05, 3.63) is 42.0 Å². The quantitative estimate of drug-likeness (QED) is 0.416. The zero-order chi connectivity index (χ0) is 26.4. The highest BCUT2D eigenvalue weighted by Gasteiger charge is 2.75. The molecule has 6 atom stereocenters. The molecule has 3 heterocycles. The molecule has 2 unspecified atom stereocenters. The highest BCUT2D eigenvalue weighted by atomic mass is 16.6. The minimum atomic E-state index is -1.14. The van der Waals surface area contributed by atoms with Crippen LogP contribution in [-0.2, 0) is 23.9 Å². The Balaban J connectivity index is 1.87. The number of carbonyl (C=O) groups is 3. The van der Waals surface area contributed by atoms with Crippen LogP contribution in [-0.4, -0.2) is 71.3 Å². The Hall–Kier alpha value is -2.71. The van der Waals surface area contributed by atoms with Crippen molar-refractivity contribution in [3.63, 3.8) is 0 Å². The SMILES string of the molecule is C=CCN(C(=O)C1N([C@@H](CO)C(C)C)C(=O)[C@@H]2[C@@H](C(=O)OCC)[C@H]3CCC12O3)c1c(C)cccc1C. The lowest BCUT2D eigenvalue weighted by atomic mass is 9.70. The smallest absolute Gasteiger partial charge is 0.312 e. The number of aryl methyl sites for hydroxylation is 2. The molecule has 3 aliphatic rings. The molecule has 196 valence electrons. The average Bonchev–Trinajstić information content (AvgIpc) is 3.46. The average molecular weight is 499 g/mol. The number of likely N-dealkylation sites (tertiary alicyclic amines) is 1. The fourth-order valence-corrected chi connectivity index (χ4v) is 6.65. The van der Waals surface area contributed by atoms with E-state index >= 15 is 0 Å². The first-order valence-electron chi connectivity index (χ1n) is 12.9. The van der Waals surface area contributed by atoms with E-state index in [1.807, 2.05) is 45.9 Å². The lowest BCUT2D eigenvalue weighted by molar-refractivity contribution is -0.155. The molecule has 8 nitrogen and oxygen atoms in total. The number of nitrogens with zero attached hydrogens (tertiary/aromatic N) is 2. The Morgan fingerprint density at radius 2 is 2.00 bits per heavy atom. The third-order valence-electron chi connectivity index (χ3n) is 8.13. The Bertz CT molecular complexity index is 1030. The number of benzene rings is 1. The molecule has 1 spiro atoms. The summed E-state index contributed by atoms with van der Waals surface area (Å²) in [4.78, 5) is 44.9. The first-order valence-corrected chi connectivity index (χ1v) is 12.9. The highest BCUT2D eigenvalue weighted by molar-refractivity contribution is 6.05. The topological polar surface area (TPSA) is 96.4 Å². The van der Waals surface area contributed by atoms with Crippen LogP contribution in [0.2, 0.25) is 0 Å². The number of fused-ring (bicyclic) bond motifs is 1. The Morgan fingerprint density at radius 3 is 2.56 bits per heavy atom. The molecule has 4 rings (SSSR count). The van der Waals surface area contributed by atoms with E-state index in [1.54, 1.807) is 17.9 Å². The summed E-state index contributed by atoms with van der Waals surface area (Å²) in [5.74, 6) is -2.76. The number of ether oxygens (including phenoxy) is 2. The molecule has 3 aliphatic heterocycles. The molecule has 1 aromatic carbocycles. The van der Waals surface area contributed by atoms with Gasteiger partial charge in [-0.25, -0.2) is 0 Å². The van der Waals surface area contributed by atoms with Crippen molar-refractivity contribution in [2.24, 2.45) is 17.8 Å². The number of aliphatic hydroxyl groups excluding tert-OH is 1. The molecular weight excluding hydrogens is 460 g/mol. The van der Waals surface area contributed by atoms with Gasteiger partial charge in [-0.15, -0.1) is 6.58 Å². The molecular formula is C28H38N2O6. The number of aliphatic hydroxyl groups is 1. The van der Waals surface area contributed by atoms with Gasteiger partial charge in [0.15, 0.2) is 0 Å². The summed E-state index contributed by atoms with van der Waals surface area (Å²) in [7, 11) is 0. The maximum Gasteiger partial charge on any atom is 0.312 e. The molecule has 1 aromatic rings. The van der Waals surface area contributed by atoms with Crippen LogP contribution in [0.5, 0.6) is 0 Å². The second-order valence-corrected chi connectivity index (χ2v) is 10.5. The molecule has 0 radical (unpaired) electrons. The van der Waals surface area contributed by atoms with Gasteiger partial charge in [0.05, 0.1) is 37.2 Å². The van der Waals surface area contributed by atoms with E-state index in [1.165, 1.54) is 4.90 Å². The number of hydrogen-bond acceptors (Lipinski definition) is 6. The van der Waals surface area contributed by atoms with Crippen LogP contribution in [0.4, 0.5) is 5.69 Å². The van der Waals surface area contributed by atoms with Gasteiger partial charge in [0.25, 0.3) is 5.91 Å². The van der Waals surface area contributed by atoms with Gasteiger partial charge in [0.1, 0.15) is 11.6 Å². The van der Waals surface area contributed by atoms with Gasteiger partial charge >= 0.3 is 5.97 Å². The van der Waals surface area contributed by atoms with Crippen LogP contribution in [0.25, 0.3) is 0 Å². The fourth-order valence-electron chi connectivity index (χ4n) is 6.65. The molecule has 1 N–H and O–H groups in total. The summed E-state index contributed by atoms with van der Waals surface area (Å²) in [6, 6.07) is 4.27. The zero-order valence-electron chi connectivity index (χ0n) is 21.9. The number of esters is 1. The van der Waals surface area contributed by atoms with Crippen LogP contribution in [0, 0.1) is 31.6 Å². The minimum Gasteiger partial charge on any atom is -0.466 e. The predicted molar refractivity (Wildman–Crippen MR) is 135 cm³/mol. The van der Waals surface area contributed by atoms with Crippen LogP contribution in [0.1, 0.15) is 44.7 Å². The lowest BCUT2D eigenvalue weighted by Gasteiger charge is -2.41. The molecule has 2 amide bonds. The monoisotopic (exact) mass is 498 g/mol. The van der Waals surface area contributed by atoms with E-state index in [2.05, 4.69) is 6.58 Å². The van der Waals surface area contributed by atoms with Gasteiger partial charge in [-0.2, -0.15) is 0 Å². The summed E-state index contributed by atoms with van der Waals surface area (Å²) in [6.07, 6.45) is 2.26. The number of anilines is 1. The van der Waals surface area contributed by atoms with Crippen LogP contribution in [0.3, 0.4) is 0 Å². The first-order chi connectivity index (χ1) is 17.1. The maximum absolute atomic E-state index is 14.6. The van der Waals surface area contributed by atoms with Crippen LogP contribution >= 0.6 is 0 Å². The molecule has 3 fully saturated rings. The van der Waals surface area contributed by atoms with Crippen molar-refractivity contribution >= 4 is 23.5 Å². The van der Waals surface area contributed by atoms with E-state index in [4.69, 9.17) is 9.47 Å². The van der Waals surface area contributed by atoms with Crippen molar-refractivity contribution in [2.75, 3.05) is 24.7 Å². The van der Waals surface area contributed by atoms with Gasteiger partial charge in [0, 0.05) is 12.2 Å². The van der Waals surface area contributed by atoms with Crippen molar-refractivity contribution in [3.8, 4) is 0 Å². The lowest BCUT2D eigenvalue weighted by Crippen LogP contribution is -2.60. The molecule has 8 heteroatoms. The van der Waals surface area contributed by atoms with Crippen LogP contribution in [0.15, 0.2) is 30.9 Å².